The summed E-state index contributed by atoms with van der Waals surface area (Å²) in [5.41, 5.74) is 2.16. The van der Waals surface area contributed by atoms with Crippen molar-refractivity contribution in [1.29, 1.82) is 0 Å². The van der Waals surface area contributed by atoms with Crippen molar-refractivity contribution < 1.29 is 19.0 Å². The number of benzene rings is 2. The van der Waals surface area contributed by atoms with E-state index in [9.17, 15) is 9.59 Å². The summed E-state index contributed by atoms with van der Waals surface area (Å²) in [5, 5.41) is 0. The summed E-state index contributed by atoms with van der Waals surface area (Å²) in [6.45, 7) is 6.25. The van der Waals surface area contributed by atoms with E-state index >= 15 is 0 Å². The number of aromatic nitrogens is 1. The second-order valence-electron chi connectivity index (χ2n) is 7.55. The summed E-state index contributed by atoms with van der Waals surface area (Å²) >= 11 is 1.28. The summed E-state index contributed by atoms with van der Waals surface area (Å²) in [4.78, 5) is 31.7. The highest BCUT2D eigenvalue weighted by Crippen LogP contribution is 2.35. The van der Waals surface area contributed by atoms with Gasteiger partial charge in [0.2, 0.25) is 0 Å². The van der Waals surface area contributed by atoms with Crippen LogP contribution in [0.3, 0.4) is 0 Å². The molecule has 8 heteroatoms. The first kappa shape index (κ1) is 23.5. The number of hydrogen-bond donors (Lipinski definition) is 0. The topological polar surface area (TPSA) is 79.1 Å². The highest BCUT2D eigenvalue weighted by atomic mass is 32.1. The van der Waals surface area contributed by atoms with Crippen molar-refractivity contribution >= 4 is 23.4 Å². The molecule has 0 radical (unpaired) electrons. The van der Waals surface area contributed by atoms with E-state index < -0.39 is 12.0 Å². The lowest BCUT2D eigenvalue weighted by Crippen LogP contribution is -2.40. The molecule has 0 saturated heterocycles. The second-order valence-corrected chi connectivity index (χ2v) is 8.56. The number of esters is 1. The molecule has 0 unspecified atom stereocenters. The van der Waals surface area contributed by atoms with Crippen LogP contribution >= 0.6 is 11.3 Å². The largest absolute Gasteiger partial charge is 0.496 e. The molecule has 34 heavy (non-hydrogen) atoms. The third-order valence-corrected chi connectivity index (χ3v) is 6.42. The molecular formula is C26H26N2O5S. The number of fused-ring (bicyclic) bond motifs is 1. The van der Waals surface area contributed by atoms with Crippen LogP contribution in [0.2, 0.25) is 0 Å². The van der Waals surface area contributed by atoms with Gasteiger partial charge in [0, 0.05) is 5.56 Å². The molecule has 1 aliphatic rings. The van der Waals surface area contributed by atoms with E-state index in [2.05, 4.69) is 4.99 Å². The Balaban J connectivity index is 1.92. The van der Waals surface area contributed by atoms with Crippen LogP contribution in [0.5, 0.6) is 11.5 Å². The van der Waals surface area contributed by atoms with Crippen LogP contribution < -0.4 is 24.4 Å². The minimum Gasteiger partial charge on any atom is -0.496 e. The van der Waals surface area contributed by atoms with E-state index in [-0.39, 0.29) is 12.2 Å². The van der Waals surface area contributed by atoms with Crippen molar-refractivity contribution in [2.45, 2.75) is 26.8 Å². The Morgan fingerprint density at radius 2 is 1.85 bits per heavy atom. The SMILES string of the molecule is CCOC(=O)C1=C(C)N=c2s/c(=C/c3ccc(OCC)cc3)c(=O)n2[C@H]1c1ccccc1OC. The Morgan fingerprint density at radius 1 is 1.12 bits per heavy atom. The fraction of sp³-hybridized carbons (Fsp3) is 0.269. The van der Waals surface area contributed by atoms with Crippen molar-refractivity contribution in [1.82, 2.24) is 4.57 Å². The number of carbonyl (C=O) groups excluding carboxylic acids is 1. The lowest BCUT2D eigenvalue weighted by molar-refractivity contribution is -0.139. The van der Waals surface area contributed by atoms with Gasteiger partial charge in [-0.1, -0.05) is 41.7 Å². The first-order valence-corrected chi connectivity index (χ1v) is 11.9. The fourth-order valence-corrected chi connectivity index (χ4v) is 5.00. The number of para-hydroxylation sites is 1. The van der Waals surface area contributed by atoms with Crippen molar-refractivity contribution in [2.75, 3.05) is 20.3 Å². The molecule has 4 rings (SSSR count). The number of carbonyl (C=O) groups is 1. The zero-order chi connectivity index (χ0) is 24.2. The number of thiazole rings is 1. The van der Waals surface area contributed by atoms with Gasteiger partial charge in [0.05, 0.1) is 36.1 Å². The van der Waals surface area contributed by atoms with Gasteiger partial charge in [-0.2, -0.15) is 0 Å². The Labute approximate surface area is 201 Å². The maximum absolute atomic E-state index is 13.6. The van der Waals surface area contributed by atoms with Crippen LogP contribution in [-0.2, 0) is 9.53 Å². The maximum Gasteiger partial charge on any atom is 0.338 e. The van der Waals surface area contributed by atoms with Crippen molar-refractivity contribution in [3.8, 4) is 11.5 Å². The number of rotatable bonds is 7. The molecule has 1 atom stereocenters. The Morgan fingerprint density at radius 3 is 2.53 bits per heavy atom. The van der Waals surface area contributed by atoms with Crippen LogP contribution in [0.1, 0.15) is 37.9 Å². The number of methoxy groups -OCH3 is 1. The van der Waals surface area contributed by atoms with Gasteiger partial charge in [-0.3, -0.25) is 9.36 Å². The maximum atomic E-state index is 13.6. The quantitative estimate of drug-likeness (QED) is 0.488. The molecular weight excluding hydrogens is 452 g/mol. The lowest BCUT2D eigenvalue weighted by Gasteiger charge is -2.25. The van der Waals surface area contributed by atoms with Crippen LogP contribution in [0.25, 0.3) is 6.08 Å². The number of hydrogen-bond acceptors (Lipinski definition) is 7. The van der Waals surface area contributed by atoms with E-state index in [0.717, 1.165) is 11.3 Å². The Kier molecular flexibility index (Phi) is 6.98. The van der Waals surface area contributed by atoms with E-state index in [0.29, 0.717) is 38.5 Å². The first-order valence-electron chi connectivity index (χ1n) is 11.0. The molecule has 0 fully saturated rings. The van der Waals surface area contributed by atoms with Crippen molar-refractivity contribution in [3.05, 3.63) is 90.6 Å². The lowest BCUT2D eigenvalue weighted by atomic mass is 9.95. The molecule has 3 aromatic rings. The molecule has 0 bridgehead atoms. The molecule has 0 spiro atoms. The average Bonchev–Trinajstić information content (AvgIpc) is 3.14. The Bertz CT molecular complexity index is 1420. The predicted octanol–water partition coefficient (Wildman–Crippen LogP) is 3.21. The molecule has 176 valence electrons. The molecule has 1 aliphatic heterocycles. The van der Waals surface area contributed by atoms with Crippen LogP contribution in [0.15, 0.2) is 69.6 Å². The molecule has 0 aliphatic carbocycles. The molecule has 7 nitrogen and oxygen atoms in total. The van der Waals surface area contributed by atoms with Crippen molar-refractivity contribution in [3.63, 3.8) is 0 Å². The zero-order valence-corrected chi connectivity index (χ0v) is 20.3. The molecule has 1 aromatic heterocycles. The van der Waals surface area contributed by atoms with Crippen LogP contribution in [0, 0.1) is 0 Å². The average molecular weight is 479 g/mol. The van der Waals surface area contributed by atoms with E-state index in [1.165, 1.54) is 11.3 Å². The Hall–Kier alpha value is -3.65. The summed E-state index contributed by atoms with van der Waals surface area (Å²) < 4.78 is 18.5. The summed E-state index contributed by atoms with van der Waals surface area (Å²) in [5.74, 6) is 0.845. The minimum atomic E-state index is -0.714. The van der Waals surface area contributed by atoms with Crippen molar-refractivity contribution in [2.24, 2.45) is 4.99 Å². The van der Waals surface area contributed by atoms with Gasteiger partial charge in [0.15, 0.2) is 4.80 Å². The summed E-state index contributed by atoms with van der Waals surface area (Å²) in [6, 6.07) is 14.2. The van der Waals surface area contributed by atoms with Gasteiger partial charge < -0.3 is 14.2 Å². The summed E-state index contributed by atoms with van der Waals surface area (Å²) in [6.07, 6.45) is 1.82. The third-order valence-electron chi connectivity index (χ3n) is 5.44. The van der Waals surface area contributed by atoms with E-state index in [1.807, 2.05) is 61.5 Å². The van der Waals surface area contributed by atoms with E-state index in [1.54, 1.807) is 25.5 Å². The van der Waals surface area contributed by atoms with Gasteiger partial charge in [-0.15, -0.1) is 0 Å². The molecule has 0 saturated carbocycles. The molecule has 2 aromatic carbocycles. The zero-order valence-electron chi connectivity index (χ0n) is 19.5. The highest BCUT2D eigenvalue weighted by molar-refractivity contribution is 7.07. The van der Waals surface area contributed by atoms with Gasteiger partial charge in [-0.25, -0.2) is 9.79 Å². The van der Waals surface area contributed by atoms with Gasteiger partial charge in [0.25, 0.3) is 5.56 Å². The molecule has 0 N–H and O–H groups in total. The summed E-state index contributed by atoms with van der Waals surface area (Å²) in [7, 11) is 1.56. The number of nitrogens with zero attached hydrogens (tertiary/aromatic N) is 2. The predicted molar refractivity (Wildman–Crippen MR) is 131 cm³/mol. The molecule has 0 amide bonds. The van der Waals surface area contributed by atoms with Crippen LogP contribution in [-0.4, -0.2) is 30.9 Å². The molecule has 2 heterocycles. The smallest absolute Gasteiger partial charge is 0.338 e. The van der Waals surface area contributed by atoms with Gasteiger partial charge in [0.1, 0.15) is 17.5 Å². The van der Waals surface area contributed by atoms with Crippen LogP contribution in [0.4, 0.5) is 0 Å². The fourth-order valence-electron chi connectivity index (χ4n) is 3.96. The number of allylic oxidation sites excluding steroid dienone is 1. The second kappa shape index (κ2) is 10.1. The monoisotopic (exact) mass is 478 g/mol. The standard InChI is InChI=1S/C26H26N2O5S/c1-5-32-18-13-11-17(12-14-18)15-21-24(29)28-23(19-9-7-8-10-20(19)31-4)22(25(30)33-6-2)16(3)27-26(28)34-21/h7-15,23H,5-6H2,1-4H3/b21-15+/t23-/m0/s1. The number of ether oxygens (including phenoxy) is 3. The highest BCUT2D eigenvalue weighted by Gasteiger charge is 2.34. The third kappa shape index (κ3) is 4.41. The minimum absolute atomic E-state index is 0.219. The van der Waals surface area contributed by atoms with Gasteiger partial charge in [-0.05, 0) is 50.6 Å². The first-order chi connectivity index (χ1) is 16.5. The van der Waals surface area contributed by atoms with E-state index in [4.69, 9.17) is 14.2 Å². The normalized spacial score (nSPS) is 15.5. The van der Waals surface area contributed by atoms with Gasteiger partial charge >= 0.3 is 5.97 Å².